The predicted octanol–water partition coefficient (Wildman–Crippen LogP) is 1.20. The molecule has 0 spiro atoms. The maximum absolute atomic E-state index is 9.97. The van der Waals surface area contributed by atoms with Gasteiger partial charge in [0.1, 0.15) is 0 Å². The molecule has 1 atom stereocenters. The van der Waals surface area contributed by atoms with E-state index in [0.29, 0.717) is 13.0 Å². The first-order valence-corrected chi connectivity index (χ1v) is 4.64. The topological polar surface area (TPSA) is 61.6 Å². The summed E-state index contributed by atoms with van der Waals surface area (Å²) in [6, 6.07) is 0. The molecular formula is C8H15NO4. The highest BCUT2D eigenvalue weighted by Crippen LogP contribution is 2.13. The highest BCUT2D eigenvalue weighted by Gasteiger charge is 2.13. The quantitative estimate of drug-likeness (QED) is 0.370. The summed E-state index contributed by atoms with van der Waals surface area (Å²) in [4.78, 5) is 9.64. The summed E-state index contributed by atoms with van der Waals surface area (Å²) in [5.41, 5.74) is 0. The monoisotopic (exact) mass is 189 g/mol. The fourth-order valence-corrected chi connectivity index (χ4v) is 1.25. The highest BCUT2D eigenvalue weighted by molar-refractivity contribution is 4.53. The van der Waals surface area contributed by atoms with E-state index in [-0.39, 0.29) is 17.8 Å². The van der Waals surface area contributed by atoms with Crippen molar-refractivity contribution in [3.05, 3.63) is 10.1 Å². The Morgan fingerprint density at radius 2 is 2.38 bits per heavy atom. The van der Waals surface area contributed by atoms with Crippen LogP contribution in [0.25, 0.3) is 0 Å². The van der Waals surface area contributed by atoms with E-state index in [1.54, 1.807) is 0 Å². The van der Waals surface area contributed by atoms with Gasteiger partial charge in [-0.1, -0.05) is 0 Å². The lowest BCUT2D eigenvalue weighted by Gasteiger charge is -2.22. The van der Waals surface area contributed by atoms with Gasteiger partial charge < -0.3 is 9.47 Å². The molecule has 1 rings (SSSR count). The summed E-state index contributed by atoms with van der Waals surface area (Å²) in [7, 11) is 0. The molecule has 76 valence electrons. The Labute approximate surface area is 77.2 Å². The van der Waals surface area contributed by atoms with E-state index in [1.807, 2.05) is 0 Å². The van der Waals surface area contributed by atoms with Gasteiger partial charge in [-0.05, 0) is 19.3 Å². The van der Waals surface area contributed by atoms with Crippen LogP contribution in [-0.4, -0.2) is 31.0 Å². The van der Waals surface area contributed by atoms with Crippen LogP contribution in [-0.2, 0) is 9.47 Å². The van der Waals surface area contributed by atoms with E-state index < -0.39 is 0 Å². The second kappa shape index (κ2) is 5.88. The maximum atomic E-state index is 9.97. The van der Waals surface area contributed by atoms with Crippen molar-refractivity contribution in [3.63, 3.8) is 0 Å². The van der Waals surface area contributed by atoms with Gasteiger partial charge in [0, 0.05) is 18.0 Å². The summed E-state index contributed by atoms with van der Waals surface area (Å²) in [6.45, 7) is 1.15. The second-order valence-corrected chi connectivity index (χ2v) is 3.08. The van der Waals surface area contributed by atoms with Crippen molar-refractivity contribution in [1.82, 2.24) is 0 Å². The number of nitrogens with zero attached hydrogens (tertiary/aromatic N) is 1. The number of nitro groups is 1. The molecule has 0 amide bonds. The van der Waals surface area contributed by atoms with Gasteiger partial charge in [0.15, 0.2) is 6.29 Å². The van der Waals surface area contributed by atoms with Crippen LogP contribution in [0.1, 0.15) is 25.7 Å². The van der Waals surface area contributed by atoms with Gasteiger partial charge in [-0.25, -0.2) is 0 Å². The first-order valence-electron chi connectivity index (χ1n) is 4.64. The molecule has 0 aromatic carbocycles. The van der Waals surface area contributed by atoms with Crippen LogP contribution in [0.3, 0.4) is 0 Å². The van der Waals surface area contributed by atoms with E-state index in [4.69, 9.17) is 9.47 Å². The third kappa shape index (κ3) is 4.80. The first-order chi connectivity index (χ1) is 6.29. The van der Waals surface area contributed by atoms with Crippen LogP contribution >= 0.6 is 0 Å². The predicted molar refractivity (Wildman–Crippen MR) is 46.0 cm³/mol. The molecule has 5 nitrogen and oxygen atoms in total. The zero-order chi connectivity index (χ0) is 9.52. The van der Waals surface area contributed by atoms with Gasteiger partial charge in [-0.3, -0.25) is 10.1 Å². The minimum atomic E-state index is -0.328. The zero-order valence-electron chi connectivity index (χ0n) is 7.61. The van der Waals surface area contributed by atoms with Crippen LogP contribution in [0.5, 0.6) is 0 Å². The standard InChI is InChI=1S/C8H15NO4/c10-9(11)5-3-7-13-8-4-1-2-6-12-8/h8H,1-7H2/t8-/m0/s1. The van der Waals surface area contributed by atoms with Gasteiger partial charge in [-0.15, -0.1) is 0 Å². The summed E-state index contributed by atoms with van der Waals surface area (Å²) in [6.07, 6.45) is 3.47. The Kier molecular flexibility index (Phi) is 4.70. The number of hydrogen-bond donors (Lipinski definition) is 0. The first kappa shape index (κ1) is 10.4. The molecule has 0 unspecified atom stereocenters. The molecule has 0 N–H and O–H groups in total. The molecule has 0 radical (unpaired) electrons. The molecule has 1 aliphatic heterocycles. The molecule has 0 aliphatic carbocycles. The minimum absolute atomic E-state index is 0.0211. The summed E-state index contributed by atoms with van der Waals surface area (Å²) >= 11 is 0. The van der Waals surface area contributed by atoms with Crippen LogP contribution in [0, 0.1) is 10.1 Å². The van der Waals surface area contributed by atoms with Crippen molar-refractivity contribution in [2.24, 2.45) is 0 Å². The van der Waals surface area contributed by atoms with Crippen molar-refractivity contribution in [2.75, 3.05) is 19.8 Å². The van der Waals surface area contributed by atoms with Gasteiger partial charge in [0.25, 0.3) is 0 Å². The Bertz CT molecular complexity index is 156. The van der Waals surface area contributed by atoms with Gasteiger partial charge in [-0.2, -0.15) is 0 Å². The molecule has 1 heterocycles. The molecular weight excluding hydrogens is 174 g/mol. The average Bonchev–Trinajstić information content (AvgIpc) is 2.14. The molecule has 0 aromatic heterocycles. The van der Waals surface area contributed by atoms with Crippen molar-refractivity contribution in [2.45, 2.75) is 32.0 Å². The molecule has 5 heteroatoms. The summed E-state index contributed by atoms with van der Waals surface area (Å²) < 4.78 is 10.6. The minimum Gasteiger partial charge on any atom is -0.353 e. The zero-order valence-corrected chi connectivity index (χ0v) is 7.61. The molecule has 13 heavy (non-hydrogen) atoms. The van der Waals surface area contributed by atoms with Gasteiger partial charge in [0.2, 0.25) is 6.54 Å². The average molecular weight is 189 g/mol. The van der Waals surface area contributed by atoms with E-state index in [1.165, 1.54) is 0 Å². The molecule has 1 saturated heterocycles. The second-order valence-electron chi connectivity index (χ2n) is 3.08. The maximum Gasteiger partial charge on any atom is 0.206 e. The lowest BCUT2D eigenvalue weighted by molar-refractivity contribution is -0.481. The number of ether oxygens (including phenoxy) is 2. The van der Waals surface area contributed by atoms with Crippen molar-refractivity contribution in [1.29, 1.82) is 0 Å². The van der Waals surface area contributed by atoms with Crippen molar-refractivity contribution < 1.29 is 14.4 Å². The van der Waals surface area contributed by atoms with Gasteiger partial charge in [0.05, 0.1) is 6.61 Å². The third-order valence-corrected chi connectivity index (χ3v) is 1.93. The van der Waals surface area contributed by atoms with E-state index >= 15 is 0 Å². The van der Waals surface area contributed by atoms with E-state index in [2.05, 4.69) is 0 Å². The third-order valence-electron chi connectivity index (χ3n) is 1.93. The lowest BCUT2D eigenvalue weighted by atomic mass is 10.2. The van der Waals surface area contributed by atoms with Crippen LogP contribution in [0.4, 0.5) is 0 Å². The van der Waals surface area contributed by atoms with E-state index in [9.17, 15) is 10.1 Å². The SMILES string of the molecule is O=[N+]([O-])CCCO[C@H]1CCCCO1. The molecule has 0 saturated carbocycles. The van der Waals surface area contributed by atoms with Crippen molar-refractivity contribution in [3.8, 4) is 0 Å². The van der Waals surface area contributed by atoms with E-state index in [0.717, 1.165) is 25.9 Å². The molecule has 1 fully saturated rings. The van der Waals surface area contributed by atoms with Crippen molar-refractivity contribution >= 4 is 0 Å². The largest absolute Gasteiger partial charge is 0.353 e. The van der Waals surface area contributed by atoms with Crippen LogP contribution in [0.15, 0.2) is 0 Å². The number of rotatable bonds is 5. The Morgan fingerprint density at radius 1 is 1.54 bits per heavy atom. The normalized spacial score (nSPS) is 22.9. The fraction of sp³-hybridized carbons (Fsp3) is 1.00. The van der Waals surface area contributed by atoms with Crippen LogP contribution < -0.4 is 0 Å². The Balaban J connectivity index is 1.95. The number of hydrogen-bond acceptors (Lipinski definition) is 4. The summed E-state index contributed by atoms with van der Waals surface area (Å²) in [5, 5.41) is 9.97. The van der Waals surface area contributed by atoms with Crippen LogP contribution in [0.2, 0.25) is 0 Å². The fourth-order valence-electron chi connectivity index (χ4n) is 1.25. The Hall–Kier alpha value is -0.680. The molecule has 1 aliphatic rings. The Morgan fingerprint density at radius 3 is 3.00 bits per heavy atom. The smallest absolute Gasteiger partial charge is 0.206 e. The summed E-state index contributed by atoms with van der Waals surface area (Å²) in [5.74, 6) is 0. The molecule has 0 bridgehead atoms. The highest BCUT2D eigenvalue weighted by atomic mass is 16.7. The lowest BCUT2D eigenvalue weighted by Crippen LogP contribution is -2.23. The molecule has 0 aromatic rings. The van der Waals surface area contributed by atoms with Gasteiger partial charge >= 0.3 is 0 Å².